The van der Waals surface area contributed by atoms with E-state index in [9.17, 15) is 0 Å². The average molecular weight is 442 g/mol. The summed E-state index contributed by atoms with van der Waals surface area (Å²) in [7, 11) is 0. The minimum Gasteiger partial charge on any atom is -0.377 e. The molecule has 158 valence electrons. The molecule has 5 rings (SSSR count). The van der Waals surface area contributed by atoms with Gasteiger partial charge in [0.25, 0.3) is 0 Å². The number of rotatable bonds is 4. The number of benzene rings is 1. The topological polar surface area (TPSA) is 28.6 Å². The van der Waals surface area contributed by atoms with Crippen molar-refractivity contribution < 1.29 is 4.74 Å². The summed E-state index contributed by atoms with van der Waals surface area (Å²) in [4.78, 5) is 12.7. The van der Waals surface area contributed by atoms with Gasteiger partial charge >= 0.3 is 0 Å². The van der Waals surface area contributed by atoms with E-state index in [0.717, 1.165) is 63.9 Å². The molecule has 2 aliphatic rings. The Labute approximate surface area is 188 Å². The van der Waals surface area contributed by atoms with Crippen LogP contribution < -0.4 is 4.90 Å². The Kier molecular flexibility index (Phi) is 6.74. The van der Waals surface area contributed by atoms with Gasteiger partial charge in [-0.2, -0.15) is 0 Å². The van der Waals surface area contributed by atoms with E-state index in [2.05, 4.69) is 65.3 Å². The van der Waals surface area contributed by atoms with Gasteiger partial charge in [0.1, 0.15) is 5.82 Å². The van der Waals surface area contributed by atoms with Crippen LogP contribution in [0, 0.1) is 0 Å². The van der Waals surface area contributed by atoms with Crippen LogP contribution >= 0.6 is 23.7 Å². The van der Waals surface area contributed by atoms with Crippen molar-refractivity contribution in [2.45, 2.75) is 13.3 Å². The maximum absolute atomic E-state index is 5.47. The Morgan fingerprint density at radius 3 is 2.60 bits per heavy atom. The highest BCUT2D eigenvalue weighted by Gasteiger charge is 2.20. The highest BCUT2D eigenvalue weighted by atomic mass is 35.5. The zero-order chi connectivity index (χ0) is 19.6. The number of piperazine rings is 1. The van der Waals surface area contributed by atoms with Gasteiger partial charge in [-0.15, -0.1) is 23.7 Å². The Morgan fingerprint density at radius 1 is 1.03 bits per heavy atom. The quantitative estimate of drug-likeness (QED) is 0.547. The number of nitrogens with zero attached hydrogens (tertiary/aromatic N) is 3. The van der Waals surface area contributed by atoms with Crippen molar-refractivity contribution in [2.24, 2.45) is 0 Å². The van der Waals surface area contributed by atoms with Gasteiger partial charge in [0.2, 0.25) is 0 Å². The SMILES string of the molecule is CCN1CCN(c2nc(-c3ccc(C4=CCOCC4)s3)cc3ccccc23)CC1.Cl. The van der Waals surface area contributed by atoms with Gasteiger partial charge in [-0.3, -0.25) is 0 Å². The molecule has 1 aromatic carbocycles. The number of anilines is 1. The molecule has 0 aliphatic carbocycles. The van der Waals surface area contributed by atoms with E-state index in [1.807, 2.05) is 11.3 Å². The van der Waals surface area contributed by atoms with Crippen molar-refractivity contribution in [3.8, 4) is 10.6 Å². The van der Waals surface area contributed by atoms with Crippen LogP contribution in [0.15, 0.2) is 48.5 Å². The summed E-state index contributed by atoms with van der Waals surface area (Å²) >= 11 is 1.85. The van der Waals surface area contributed by atoms with Gasteiger partial charge in [-0.25, -0.2) is 4.98 Å². The number of pyridine rings is 1. The van der Waals surface area contributed by atoms with Crippen molar-refractivity contribution in [3.05, 3.63) is 53.4 Å². The zero-order valence-electron chi connectivity index (χ0n) is 17.3. The molecule has 2 aromatic heterocycles. The first-order chi connectivity index (χ1) is 14.3. The second kappa shape index (κ2) is 9.48. The van der Waals surface area contributed by atoms with E-state index in [4.69, 9.17) is 9.72 Å². The summed E-state index contributed by atoms with van der Waals surface area (Å²) in [6.45, 7) is 9.21. The van der Waals surface area contributed by atoms with Crippen LogP contribution in [0.4, 0.5) is 5.82 Å². The first-order valence-electron chi connectivity index (χ1n) is 10.6. The van der Waals surface area contributed by atoms with Crippen molar-refractivity contribution in [2.75, 3.05) is 50.8 Å². The molecule has 4 heterocycles. The summed E-state index contributed by atoms with van der Waals surface area (Å²) in [6.07, 6.45) is 3.21. The lowest BCUT2D eigenvalue weighted by Gasteiger charge is -2.35. The molecule has 0 atom stereocenters. The lowest BCUT2D eigenvalue weighted by molar-refractivity contribution is 0.161. The Morgan fingerprint density at radius 2 is 1.83 bits per heavy atom. The summed E-state index contributed by atoms with van der Waals surface area (Å²) in [5, 5.41) is 2.52. The number of hydrogen-bond acceptors (Lipinski definition) is 5. The Bertz CT molecular complexity index is 1040. The van der Waals surface area contributed by atoms with Gasteiger partial charge in [0.15, 0.2) is 0 Å². The fourth-order valence-electron chi connectivity index (χ4n) is 4.22. The second-order valence-corrected chi connectivity index (χ2v) is 8.78. The van der Waals surface area contributed by atoms with Crippen LogP contribution in [0.3, 0.4) is 0 Å². The van der Waals surface area contributed by atoms with E-state index >= 15 is 0 Å². The summed E-state index contributed by atoms with van der Waals surface area (Å²) < 4.78 is 5.47. The number of aromatic nitrogens is 1. The maximum atomic E-state index is 5.47. The minimum atomic E-state index is 0. The van der Waals surface area contributed by atoms with Crippen LogP contribution in [0.5, 0.6) is 0 Å². The fraction of sp³-hybridized carbons (Fsp3) is 0.375. The van der Waals surface area contributed by atoms with E-state index in [0.29, 0.717) is 0 Å². The van der Waals surface area contributed by atoms with Crippen LogP contribution in [-0.4, -0.2) is 55.8 Å². The van der Waals surface area contributed by atoms with Crippen molar-refractivity contribution in [1.82, 2.24) is 9.88 Å². The van der Waals surface area contributed by atoms with Crippen molar-refractivity contribution in [1.29, 1.82) is 0 Å². The lowest BCUT2D eigenvalue weighted by Crippen LogP contribution is -2.46. The normalized spacial score (nSPS) is 17.6. The average Bonchev–Trinajstić information content (AvgIpc) is 3.29. The molecular weight excluding hydrogens is 414 g/mol. The fourth-order valence-corrected chi connectivity index (χ4v) is 5.26. The third-order valence-electron chi connectivity index (χ3n) is 5.98. The number of fused-ring (bicyclic) bond motifs is 1. The molecule has 2 aliphatic heterocycles. The van der Waals surface area contributed by atoms with Crippen molar-refractivity contribution >= 4 is 45.9 Å². The highest BCUT2D eigenvalue weighted by Crippen LogP contribution is 2.36. The third kappa shape index (κ3) is 4.26. The molecule has 6 heteroatoms. The van der Waals surface area contributed by atoms with Gasteiger partial charge in [0.05, 0.1) is 23.8 Å². The largest absolute Gasteiger partial charge is 0.377 e. The predicted molar refractivity (Wildman–Crippen MR) is 130 cm³/mol. The molecule has 3 aromatic rings. The van der Waals surface area contributed by atoms with Crippen LogP contribution in [0.25, 0.3) is 26.9 Å². The summed E-state index contributed by atoms with van der Waals surface area (Å²) in [6, 6.07) is 15.4. The summed E-state index contributed by atoms with van der Waals surface area (Å²) in [5.74, 6) is 1.13. The monoisotopic (exact) mass is 441 g/mol. The first kappa shape index (κ1) is 21.3. The Balaban J connectivity index is 0.00000218. The van der Waals surface area contributed by atoms with Gasteiger partial charge in [0, 0.05) is 36.4 Å². The van der Waals surface area contributed by atoms with Crippen LogP contribution in [-0.2, 0) is 4.74 Å². The molecule has 0 amide bonds. The predicted octanol–water partition coefficient (Wildman–Crippen LogP) is 5.33. The van der Waals surface area contributed by atoms with E-state index in [1.54, 1.807) is 0 Å². The molecule has 1 fully saturated rings. The smallest absolute Gasteiger partial charge is 0.137 e. The molecule has 0 bridgehead atoms. The molecular formula is C24H28ClN3OS. The van der Waals surface area contributed by atoms with E-state index in [-0.39, 0.29) is 12.4 Å². The van der Waals surface area contributed by atoms with Crippen LogP contribution in [0.1, 0.15) is 18.2 Å². The highest BCUT2D eigenvalue weighted by molar-refractivity contribution is 7.16. The lowest BCUT2D eigenvalue weighted by atomic mass is 10.1. The molecule has 0 saturated carbocycles. The molecule has 0 spiro atoms. The zero-order valence-corrected chi connectivity index (χ0v) is 19.0. The van der Waals surface area contributed by atoms with Gasteiger partial charge in [-0.1, -0.05) is 37.3 Å². The number of thiophene rings is 1. The number of likely N-dealkylation sites (N-methyl/N-ethyl adjacent to an activating group) is 1. The Hall–Kier alpha value is -1.92. The minimum absolute atomic E-state index is 0. The van der Waals surface area contributed by atoms with E-state index in [1.165, 1.54) is 26.1 Å². The second-order valence-electron chi connectivity index (χ2n) is 7.69. The van der Waals surface area contributed by atoms with E-state index < -0.39 is 0 Å². The maximum Gasteiger partial charge on any atom is 0.137 e. The molecule has 30 heavy (non-hydrogen) atoms. The number of ether oxygens (including phenoxy) is 1. The molecule has 0 radical (unpaired) electrons. The number of hydrogen-bond donors (Lipinski definition) is 0. The summed E-state index contributed by atoms with van der Waals surface area (Å²) in [5.41, 5.74) is 2.49. The molecule has 4 nitrogen and oxygen atoms in total. The molecule has 1 saturated heterocycles. The first-order valence-corrected chi connectivity index (χ1v) is 11.4. The van der Waals surface area contributed by atoms with Gasteiger partial charge in [-0.05, 0) is 42.1 Å². The molecule has 0 unspecified atom stereocenters. The van der Waals surface area contributed by atoms with Gasteiger partial charge < -0.3 is 14.5 Å². The van der Waals surface area contributed by atoms with Crippen molar-refractivity contribution in [3.63, 3.8) is 0 Å². The number of halogens is 1. The van der Waals surface area contributed by atoms with Crippen LogP contribution in [0.2, 0.25) is 0 Å². The third-order valence-corrected chi connectivity index (χ3v) is 7.16. The molecule has 0 N–H and O–H groups in total. The standard InChI is InChI=1S/C24H27N3OS.ClH/c1-2-26-11-13-27(14-12-26)24-20-6-4-3-5-19(20)17-21(25-24)23-8-7-22(29-23)18-9-15-28-16-10-18;/h3-9,17H,2,10-16H2,1H3;1H.